The molecule has 2 aromatic rings. The Labute approximate surface area is 95.5 Å². The zero-order valence-electron chi connectivity index (χ0n) is 7.88. The molecule has 0 aliphatic heterocycles. The lowest BCUT2D eigenvalue weighted by Crippen LogP contribution is -2.10. The number of nitrogens with zero attached hydrogens (tertiary/aromatic N) is 1. The van der Waals surface area contributed by atoms with Gasteiger partial charge in [-0.2, -0.15) is 0 Å². The van der Waals surface area contributed by atoms with E-state index < -0.39 is 0 Å². The van der Waals surface area contributed by atoms with Gasteiger partial charge >= 0.3 is 0 Å². The molecule has 0 bridgehead atoms. The quantitative estimate of drug-likeness (QED) is 0.928. The van der Waals surface area contributed by atoms with Crippen molar-refractivity contribution < 1.29 is 0 Å². The van der Waals surface area contributed by atoms with Crippen LogP contribution in [0.3, 0.4) is 0 Å². The molecule has 1 N–H and O–H groups in total. The number of nitrogens with one attached hydrogen (secondary N) is 1. The Hall–Kier alpha value is -0.450. The topological polar surface area (TPSA) is 24.9 Å². The summed E-state index contributed by atoms with van der Waals surface area (Å²) in [6.45, 7) is 0.994. The van der Waals surface area contributed by atoms with E-state index in [4.69, 9.17) is 0 Å². The zero-order chi connectivity index (χ0) is 9.97. The predicted octanol–water partition coefficient (Wildman–Crippen LogP) is 2.82. The number of rotatable bonds is 3. The first-order valence-corrected chi connectivity index (χ1v) is 6.15. The molecule has 0 atom stereocenters. The highest BCUT2D eigenvalue weighted by molar-refractivity contribution is 9.10. The third-order valence-electron chi connectivity index (χ3n) is 2.14. The fraction of sp³-hybridized carbons (Fsp3) is 0.300. The molecule has 0 unspecified atom stereocenters. The number of fused-ring (bicyclic) bond motifs is 1. The summed E-state index contributed by atoms with van der Waals surface area (Å²) in [5, 5.41) is 3.15. The van der Waals surface area contributed by atoms with Gasteiger partial charge in [-0.05, 0) is 37.7 Å². The van der Waals surface area contributed by atoms with Gasteiger partial charge in [-0.3, -0.25) is 0 Å². The van der Waals surface area contributed by atoms with Gasteiger partial charge in [0.25, 0.3) is 0 Å². The molecule has 14 heavy (non-hydrogen) atoms. The smallest absolute Gasteiger partial charge is 0.0815 e. The molecule has 0 saturated carbocycles. The molecule has 0 radical (unpaired) electrons. The number of halogens is 1. The van der Waals surface area contributed by atoms with E-state index in [2.05, 4.69) is 38.4 Å². The number of hydrogen-bond donors (Lipinski definition) is 1. The first-order valence-electron chi connectivity index (χ1n) is 4.47. The zero-order valence-corrected chi connectivity index (χ0v) is 10.3. The van der Waals surface area contributed by atoms with Gasteiger partial charge in [-0.25, -0.2) is 4.98 Å². The summed E-state index contributed by atoms with van der Waals surface area (Å²) < 4.78 is 2.43. The molecule has 1 aromatic carbocycles. The normalized spacial score (nSPS) is 11.0. The van der Waals surface area contributed by atoms with Gasteiger partial charge in [-0.1, -0.05) is 15.9 Å². The molecule has 74 valence electrons. The average Bonchev–Trinajstić information content (AvgIpc) is 2.61. The van der Waals surface area contributed by atoms with Gasteiger partial charge < -0.3 is 5.32 Å². The first kappa shape index (κ1) is 10.1. The lowest BCUT2D eigenvalue weighted by molar-refractivity contribution is 0.790. The van der Waals surface area contributed by atoms with Gasteiger partial charge in [0.1, 0.15) is 0 Å². The molecular formula is C10H11BrN2S. The molecule has 0 aliphatic rings. The van der Waals surface area contributed by atoms with E-state index in [1.165, 1.54) is 14.7 Å². The molecule has 0 aliphatic carbocycles. The van der Waals surface area contributed by atoms with E-state index in [0.29, 0.717) is 0 Å². The van der Waals surface area contributed by atoms with E-state index in [1.54, 1.807) is 11.3 Å². The molecule has 1 aromatic heterocycles. The molecule has 1 heterocycles. The van der Waals surface area contributed by atoms with Crippen LogP contribution in [0.2, 0.25) is 0 Å². The van der Waals surface area contributed by atoms with E-state index in [9.17, 15) is 0 Å². The van der Waals surface area contributed by atoms with Crippen molar-refractivity contribution in [3.8, 4) is 0 Å². The summed E-state index contributed by atoms with van der Waals surface area (Å²) in [7, 11) is 1.97. The predicted molar refractivity (Wildman–Crippen MR) is 65.0 cm³/mol. The summed E-state index contributed by atoms with van der Waals surface area (Å²) in [4.78, 5) is 4.31. The molecule has 2 rings (SSSR count). The Kier molecular flexibility index (Phi) is 3.15. The van der Waals surface area contributed by atoms with Gasteiger partial charge in [-0.15, -0.1) is 11.3 Å². The summed E-state index contributed by atoms with van der Waals surface area (Å²) >= 11 is 5.26. The van der Waals surface area contributed by atoms with Crippen LogP contribution in [0.15, 0.2) is 22.1 Å². The molecule has 0 fully saturated rings. The minimum absolute atomic E-state index is 0.994. The van der Waals surface area contributed by atoms with E-state index in [1.807, 2.05) is 12.6 Å². The summed E-state index contributed by atoms with van der Waals surface area (Å²) in [5.74, 6) is 0. The van der Waals surface area contributed by atoms with Gasteiger partial charge in [0, 0.05) is 4.47 Å². The molecular weight excluding hydrogens is 260 g/mol. The maximum atomic E-state index is 4.31. The van der Waals surface area contributed by atoms with Gasteiger partial charge in [0.05, 0.1) is 15.7 Å². The Balaban J connectivity index is 2.38. The largest absolute Gasteiger partial charge is 0.319 e. The Bertz CT molecular complexity index is 439. The van der Waals surface area contributed by atoms with Crippen LogP contribution in [0.25, 0.3) is 10.2 Å². The third kappa shape index (κ3) is 1.97. The monoisotopic (exact) mass is 270 g/mol. The van der Waals surface area contributed by atoms with Crippen LogP contribution in [-0.2, 0) is 6.42 Å². The number of hydrogen-bond acceptors (Lipinski definition) is 3. The van der Waals surface area contributed by atoms with Crippen molar-refractivity contribution >= 4 is 37.5 Å². The van der Waals surface area contributed by atoms with Crippen molar-refractivity contribution in [2.24, 2.45) is 0 Å². The molecule has 0 amide bonds. The van der Waals surface area contributed by atoms with E-state index in [-0.39, 0.29) is 0 Å². The van der Waals surface area contributed by atoms with Crippen molar-refractivity contribution in [1.29, 1.82) is 0 Å². The summed E-state index contributed by atoms with van der Waals surface area (Å²) in [6.07, 6.45) is 1.03. The van der Waals surface area contributed by atoms with Crippen LogP contribution < -0.4 is 5.32 Å². The van der Waals surface area contributed by atoms with Crippen LogP contribution in [0, 0.1) is 0 Å². The maximum absolute atomic E-state index is 4.31. The fourth-order valence-corrected chi connectivity index (χ4v) is 2.76. The molecule has 4 heteroatoms. The van der Waals surface area contributed by atoms with Crippen LogP contribution in [0.4, 0.5) is 0 Å². The standard InChI is InChI=1S/C10H11BrN2S/c1-12-3-2-7-4-9-10(5-8(7)11)14-6-13-9/h4-6,12H,2-3H2,1H3. The third-order valence-corrected chi connectivity index (χ3v) is 3.67. The van der Waals surface area contributed by atoms with Gasteiger partial charge in [0.2, 0.25) is 0 Å². The van der Waals surface area contributed by atoms with E-state index >= 15 is 0 Å². The fourth-order valence-electron chi connectivity index (χ4n) is 1.37. The maximum Gasteiger partial charge on any atom is 0.0815 e. The second-order valence-corrected chi connectivity index (χ2v) is 4.86. The highest BCUT2D eigenvalue weighted by Crippen LogP contribution is 2.26. The Morgan fingerprint density at radius 1 is 1.50 bits per heavy atom. The van der Waals surface area contributed by atoms with Crippen LogP contribution in [-0.4, -0.2) is 18.6 Å². The van der Waals surface area contributed by atoms with Crippen molar-refractivity contribution in [3.05, 3.63) is 27.7 Å². The first-order chi connectivity index (χ1) is 6.81. The highest BCUT2D eigenvalue weighted by atomic mass is 79.9. The Morgan fingerprint density at radius 2 is 2.36 bits per heavy atom. The minimum atomic E-state index is 0.994. The SMILES string of the molecule is CNCCc1cc2ncsc2cc1Br. The van der Waals surface area contributed by atoms with E-state index in [0.717, 1.165) is 18.5 Å². The number of thiazole rings is 1. The van der Waals surface area contributed by atoms with Crippen LogP contribution in [0.5, 0.6) is 0 Å². The van der Waals surface area contributed by atoms with Crippen LogP contribution in [0.1, 0.15) is 5.56 Å². The molecule has 2 nitrogen and oxygen atoms in total. The lowest BCUT2D eigenvalue weighted by Gasteiger charge is -2.03. The van der Waals surface area contributed by atoms with Crippen LogP contribution >= 0.6 is 27.3 Å². The Morgan fingerprint density at radius 3 is 3.14 bits per heavy atom. The molecule has 0 saturated heterocycles. The van der Waals surface area contributed by atoms with Crippen molar-refractivity contribution in [2.75, 3.05) is 13.6 Å². The van der Waals surface area contributed by atoms with Crippen molar-refractivity contribution in [2.45, 2.75) is 6.42 Å². The number of likely N-dealkylation sites (N-methyl/N-ethyl adjacent to an activating group) is 1. The van der Waals surface area contributed by atoms with Crippen molar-refractivity contribution in [1.82, 2.24) is 10.3 Å². The lowest BCUT2D eigenvalue weighted by atomic mass is 10.1. The number of aromatic nitrogens is 1. The molecule has 0 spiro atoms. The highest BCUT2D eigenvalue weighted by Gasteiger charge is 2.03. The summed E-state index contributed by atoms with van der Waals surface area (Å²) in [6, 6.07) is 4.31. The second kappa shape index (κ2) is 4.38. The van der Waals surface area contributed by atoms with Crippen molar-refractivity contribution in [3.63, 3.8) is 0 Å². The second-order valence-electron chi connectivity index (χ2n) is 3.12. The average molecular weight is 271 g/mol. The minimum Gasteiger partial charge on any atom is -0.319 e. The summed E-state index contributed by atoms with van der Waals surface area (Å²) in [5.41, 5.74) is 4.31. The number of benzene rings is 1. The van der Waals surface area contributed by atoms with Gasteiger partial charge in [0.15, 0.2) is 0 Å².